The number of imidazole rings is 1. The molecule has 102 valence electrons. The molecule has 0 aliphatic carbocycles. The van der Waals surface area contributed by atoms with Gasteiger partial charge in [-0.15, -0.1) is 0 Å². The first kappa shape index (κ1) is 12.8. The van der Waals surface area contributed by atoms with Crippen LogP contribution in [0.4, 0.5) is 0 Å². The molecule has 20 heavy (non-hydrogen) atoms. The second-order valence-electron chi connectivity index (χ2n) is 4.82. The Hall–Kier alpha value is -2.17. The number of fused-ring (bicyclic) bond motifs is 1. The smallest absolute Gasteiger partial charge is 0.142 e. The predicted molar refractivity (Wildman–Crippen MR) is 77.1 cm³/mol. The van der Waals surface area contributed by atoms with Crippen LogP contribution >= 0.6 is 0 Å². The molecule has 0 aliphatic rings. The molecule has 3 aromatic rings. The van der Waals surface area contributed by atoms with Gasteiger partial charge in [-0.2, -0.15) is 0 Å². The number of hydrogen-bond acceptors (Lipinski definition) is 3. The fourth-order valence-electron chi connectivity index (χ4n) is 2.40. The third-order valence-electron chi connectivity index (χ3n) is 3.53. The van der Waals surface area contributed by atoms with Crippen molar-refractivity contribution in [3.8, 4) is 0 Å². The summed E-state index contributed by atoms with van der Waals surface area (Å²) in [6, 6.07) is 16.8. The van der Waals surface area contributed by atoms with E-state index in [-0.39, 0.29) is 0 Å². The van der Waals surface area contributed by atoms with Crippen molar-refractivity contribution in [1.29, 1.82) is 0 Å². The highest BCUT2D eigenvalue weighted by molar-refractivity contribution is 5.75. The van der Waals surface area contributed by atoms with E-state index in [1.165, 1.54) is 0 Å². The third-order valence-corrected chi connectivity index (χ3v) is 3.53. The molecular formula is C16H16N2O2. The first-order chi connectivity index (χ1) is 9.68. The summed E-state index contributed by atoms with van der Waals surface area (Å²) >= 11 is 0. The van der Waals surface area contributed by atoms with Crippen molar-refractivity contribution >= 4 is 11.0 Å². The fraction of sp³-hybridized carbons (Fsp3) is 0.188. The van der Waals surface area contributed by atoms with Gasteiger partial charge in [-0.25, -0.2) is 4.98 Å². The summed E-state index contributed by atoms with van der Waals surface area (Å²) in [5, 5.41) is 20.7. The number of aliphatic hydroxyl groups excluding tert-OH is 2. The molecule has 0 aliphatic heterocycles. The maximum Gasteiger partial charge on any atom is 0.142 e. The number of aryl methyl sites for hydroxylation is 1. The molecule has 0 amide bonds. The van der Waals surface area contributed by atoms with E-state index in [1.54, 1.807) is 12.1 Å². The van der Waals surface area contributed by atoms with Crippen molar-refractivity contribution in [3.05, 3.63) is 66.0 Å². The van der Waals surface area contributed by atoms with Gasteiger partial charge in [0, 0.05) is 7.05 Å². The third kappa shape index (κ3) is 2.09. The van der Waals surface area contributed by atoms with E-state index < -0.39 is 12.2 Å². The van der Waals surface area contributed by atoms with Gasteiger partial charge in [-0.3, -0.25) is 0 Å². The Morgan fingerprint density at radius 2 is 1.55 bits per heavy atom. The van der Waals surface area contributed by atoms with Crippen molar-refractivity contribution < 1.29 is 10.2 Å². The fourth-order valence-corrected chi connectivity index (χ4v) is 2.40. The highest BCUT2D eigenvalue weighted by Gasteiger charge is 2.24. The van der Waals surface area contributed by atoms with Crippen molar-refractivity contribution in [1.82, 2.24) is 9.55 Å². The second-order valence-corrected chi connectivity index (χ2v) is 4.82. The molecule has 1 heterocycles. The molecular weight excluding hydrogens is 252 g/mol. The van der Waals surface area contributed by atoms with Crippen molar-refractivity contribution in [2.24, 2.45) is 7.05 Å². The van der Waals surface area contributed by atoms with Crippen LogP contribution in [0, 0.1) is 0 Å². The highest BCUT2D eigenvalue weighted by Crippen LogP contribution is 2.29. The van der Waals surface area contributed by atoms with Crippen LogP contribution in [0.5, 0.6) is 0 Å². The number of hydrogen-bond donors (Lipinski definition) is 2. The first-order valence-corrected chi connectivity index (χ1v) is 6.51. The summed E-state index contributed by atoms with van der Waals surface area (Å²) in [6.07, 6.45) is -2.05. The molecule has 2 atom stereocenters. The van der Waals surface area contributed by atoms with Crippen molar-refractivity contribution in [2.75, 3.05) is 0 Å². The van der Waals surface area contributed by atoms with E-state index in [0.29, 0.717) is 11.4 Å². The van der Waals surface area contributed by atoms with Gasteiger partial charge < -0.3 is 14.8 Å². The zero-order chi connectivity index (χ0) is 14.1. The van der Waals surface area contributed by atoms with Crippen LogP contribution in [0.15, 0.2) is 54.6 Å². The first-order valence-electron chi connectivity index (χ1n) is 6.51. The molecule has 2 aromatic carbocycles. The Morgan fingerprint density at radius 1 is 0.900 bits per heavy atom. The molecule has 1 aromatic heterocycles. The molecule has 0 saturated carbocycles. The maximum atomic E-state index is 10.4. The second kappa shape index (κ2) is 5.07. The number of aliphatic hydroxyl groups is 2. The minimum absolute atomic E-state index is 0.461. The lowest BCUT2D eigenvalue weighted by atomic mass is 10.0. The van der Waals surface area contributed by atoms with E-state index in [1.807, 2.05) is 54.1 Å². The standard InChI is InChI=1S/C16H16N2O2/c1-18-13-10-6-5-9-12(13)17-16(18)15(20)14(19)11-7-3-2-4-8-11/h2-10,14-15,19-20H,1H3/t14-,15+/m1/s1. The maximum absolute atomic E-state index is 10.4. The van der Waals surface area contributed by atoms with Gasteiger partial charge in [-0.1, -0.05) is 42.5 Å². The molecule has 4 heteroatoms. The number of rotatable bonds is 3. The zero-order valence-electron chi connectivity index (χ0n) is 11.1. The van der Waals surface area contributed by atoms with Gasteiger partial charge in [-0.05, 0) is 17.7 Å². The van der Waals surface area contributed by atoms with E-state index in [2.05, 4.69) is 4.98 Å². The Bertz CT molecular complexity index is 722. The van der Waals surface area contributed by atoms with Crippen LogP contribution in [0.1, 0.15) is 23.6 Å². The van der Waals surface area contributed by atoms with Gasteiger partial charge >= 0.3 is 0 Å². The quantitative estimate of drug-likeness (QED) is 0.766. The van der Waals surface area contributed by atoms with E-state index in [4.69, 9.17) is 0 Å². The minimum Gasteiger partial charge on any atom is -0.385 e. The summed E-state index contributed by atoms with van der Waals surface area (Å²) in [5.41, 5.74) is 2.41. The SMILES string of the molecule is Cn1c([C@@H](O)[C@H](O)c2ccccc2)nc2ccccc21. The van der Waals surface area contributed by atoms with Crippen molar-refractivity contribution in [2.45, 2.75) is 12.2 Å². The molecule has 4 nitrogen and oxygen atoms in total. The van der Waals surface area contributed by atoms with E-state index >= 15 is 0 Å². The zero-order valence-corrected chi connectivity index (χ0v) is 11.1. The average molecular weight is 268 g/mol. The lowest BCUT2D eigenvalue weighted by Crippen LogP contribution is -2.14. The highest BCUT2D eigenvalue weighted by atomic mass is 16.3. The average Bonchev–Trinajstić information content (AvgIpc) is 2.84. The van der Waals surface area contributed by atoms with Gasteiger partial charge in [0.15, 0.2) is 0 Å². The molecule has 3 rings (SSSR count). The lowest BCUT2D eigenvalue weighted by molar-refractivity contribution is 0.0105. The summed E-state index contributed by atoms with van der Waals surface area (Å²) in [6.45, 7) is 0. The summed E-state index contributed by atoms with van der Waals surface area (Å²) in [7, 11) is 1.84. The van der Waals surface area contributed by atoms with Gasteiger partial charge in [0.1, 0.15) is 18.0 Å². The van der Waals surface area contributed by atoms with E-state index in [0.717, 1.165) is 11.0 Å². The summed E-state index contributed by atoms with van der Waals surface area (Å²) in [4.78, 5) is 4.41. The Balaban J connectivity index is 2.00. The summed E-state index contributed by atoms with van der Waals surface area (Å²) < 4.78 is 1.81. The van der Waals surface area contributed by atoms with Gasteiger partial charge in [0.2, 0.25) is 0 Å². The van der Waals surface area contributed by atoms with Gasteiger partial charge in [0.05, 0.1) is 11.0 Å². The number of nitrogens with zero attached hydrogens (tertiary/aromatic N) is 2. The minimum atomic E-state index is -1.06. The lowest BCUT2D eigenvalue weighted by Gasteiger charge is -2.17. The van der Waals surface area contributed by atoms with Crippen LogP contribution in [-0.4, -0.2) is 19.8 Å². The molecule has 0 saturated heterocycles. The molecule has 0 fully saturated rings. The number of aromatic nitrogens is 2. The van der Waals surface area contributed by atoms with Gasteiger partial charge in [0.25, 0.3) is 0 Å². The normalized spacial score (nSPS) is 14.3. The van der Waals surface area contributed by atoms with Crippen LogP contribution in [-0.2, 0) is 7.05 Å². The molecule has 0 bridgehead atoms. The Morgan fingerprint density at radius 3 is 2.25 bits per heavy atom. The van der Waals surface area contributed by atoms with Crippen LogP contribution in [0.2, 0.25) is 0 Å². The topological polar surface area (TPSA) is 58.3 Å². The number of benzene rings is 2. The Labute approximate surface area is 116 Å². The largest absolute Gasteiger partial charge is 0.385 e. The molecule has 0 radical (unpaired) electrons. The molecule has 0 spiro atoms. The van der Waals surface area contributed by atoms with E-state index in [9.17, 15) is 10.2 Å². The van der Waals surface area contributed by atoms with Crippen LogP contribution < -0.4 is 0 Å². The summed E-state index contributed by atoms with van der Waals surface area (Å²) in [5.74, 6) is 0.461. The van der Waals surface area contributed by atoms with Crippen molar-refractivity contribution in [3.63, 3.8) is 0 Å². The molecule has 2 N–H and O–H groups in total. The van der Waals surface area contributed by atoms with Crippen LogP contribution in [0.25, 0.3) is 11.0 Å². The monoisotopic (exact) mass is 268 g/mol. The van der Waals surface area contributed by atoms with Crippen LogP contribution in [0.3, 0.4) is 0 Å². The Kier molecular flexibility index (Phi) is 3.26. The molecule has 0 unspecified atom stereocenters. The predicted octanol–water partition coefficient (Wildman–Crippen LogP) is 2.34. The number of para-hydroxylation sites is 2.